The number of aryl methyl sites for hydroxylation is 1. The van der Waals surface area contributed by atoms with E-state index >= 15 is 0 Å². The average molecular weight is 294 g/mol. The molecule has 20 heavy (non-hydrogen) atoms. The fourth-order valence-electron chi connectivity index (χ4n) is 2.66. The van der Waals surface area contributed by atoms with Crippen molar-refractivity contribution < 1.29 is 0 Å². The molecule has 0 spiro atoms. The summed E-state index contributed by atoms with van der Waals surface area (Å²) in [6.45, 7) is 10.7. The zero-order valence-electron chi connectivity index (χ0n) is 13.0. The van der Waals surface area contributed by atoms with Crippen LogP contribution in [0.3, 0.4) is 0 Å². The Bertz CT molecular complexity index is 589. The molecule has 0 amide bonds. The number of hydrogen-bond acceptors (Lipinski definition) is 2. The van der Waals surface area contributed by atoms with Gasteiger partial charge in [0.2, 0.25) is 0 Å². The highest BCUT2D eigenvalue weighted by molar-refractivity contribution is 6.20. The first kappa shape index (κ1) is 15.3. The zero-order valence-corrected chi connectivity index (χ0v) is 13.8. The highest BCUT2D eigenvalue weighted by Gasteiger charge is 2.21. The molecule has 0 aromatic carbocycles. The molecule has 0 radical (unpaired) electrons. The average Bonchev–Trinajstić information content (AvgIpc) is 2.77. The number of hydrogen-bond donors (Lipinski definition) is 0. The second-order valence-corrected chi connectivity index (χ2v) is 6.50. The van der Waals surface area contributed by atoms with E-state index in [0.29, 0.717) is 12.0 Å². The Balaban J connectivity index is 2.52. The van der Waals surface area contributed by atoms with E-state index in [1.54, 1.807) is 0 Å². The number of alkyl halides is 1. The Morgan fingerprint density at radius 1 is 1.20 bits per heavy atom. The first-order valence-corrected chi connectivity index (χ1v) is 7.87. The number of halogens is 1. The summed E-state index contributed by atoms with van der Waals surface area (Å²) in [5.41, 5.74) is 2.92. The summed E-state index contributed by atoms with van der Waals surface area (Å²) in [4.78, 5) is 9.35. The van der Waals surface area contributed by atoms with Crippen LogP contribution in [0, 0.1) is 12.8 Å². The van der Waals surface area contributed by atoms with Crippen LogP contribution in [-0.2, 0) is 0 Å². The van der Waals surface area contributed by atoms with E-state index in [1.807, 2.05) is 26.0 Å². The summed E-state index contributed by atoms with van der Waals surface area (Å²) in [7, 11) is 0. The van der Waals surface area contributed by atoms with Gasteiger partial charge in [-0.3, -0.25) is 0 Å². The minimum atomic E-state index is -0.108. The summed E-state index contributed by atoms with van der Waals surface area (Å²) in [5, 5.41) is -0.108. The maximum absolute atomic E-state index is 6.32. The van der Waals surface area contributed by atoms with E-state index < -0.39 is 0 Å². The molecule has 0 N–H and O–H groups in total. The van der Waals surface area contributed by atoms with Crippen molar-refractivity contribution in [3.63, 3.8) is 0 Å². The van der Waals surface area contributed by atoms with Gasteiger partial charge in [-0.25, -0.2) is 9.97 Å². The summed E-state index contributed by atoms with van der Waals surface area (Å²) in [6.07, 6.45) is 2.31. The van der Waals surface area contributed by atoms with Crippen LogP contribution in [0.1, 0.15) is 63.5 Å². The number of nitrogens with zero attached hydrogens (tertiary/aromatic N) is 3. The Morgan fingerprint density at radius 2 is 1.90 bits per heavy atom. The molecular weight excluding hydrogens is 270 g/mol. The molecule has 0 aliphatic rings. The molecule has 3 nitrogen and oxygen atoms in total. The largest absolute Gasteiger partial charge is 0.309 e. The molecule has 3 atom stereocenters. The van der Waals surface area contributed by atoms with Crippen molar-refractivity contribution in [3.05, 3.63) is 23.7 Å². The molecule has 0 bridgehead atoms. The molecule has 2 heterocycles. The van der Waals surface area contributed by atoms with Crippen LogP contribution in [0.4, 0.5) is 0 Å². The van der Waals surface area contributed by atoms with E-state index in [0.717, 1.165) is 29.1 Å². The Labute approximate surface area is 126 Å². The predicted molar refractivity (Wildman–Crippen MR) is 85.3 cm³/mol. The summed E-state index contributed by atoms with van der Waals surface area (Å²) < 4.78 is 2.23. The lowest BCUT2D eigenvalue weighted by molar-refractivity contribution is 0.395. The number of pyridine rings is 1. The van der Waals surface area contributed by atoms with E-state index in [-0.39, 0.29) is 5.38 Å². The van der Waals surface area contributed by atoms with Gasteiger partial charge in [0, 0.05) is 11.7 Å². The number of imidazole rings is 1. The highest BCUT2D eigenvalue weighted by Crippen LogP contribution is 2.30. The molecule has 3 unspecified atom stereocenters. The predicted octanol–water partition coefficient (Wildman–Crippen LogP) is 5.04. The smallest absolute Gasteiger partial charge is 0.160 e. The molecule has 4 heteroatoms. The van der Waals surface area contributed by atoms with Crippen molar-refractivity contribution in [2.24, 2.45) is 5.92 Å². The van der Waals surface area contributed by atoms with Gasteiger partial charge in [-0.2, -0.15) is 0 Å². The zero-order chi connectivity index (χ0) is 14.9. The van der Waals surface area contributed by atoms with Crippen LogP contribution in [-0.4, -0.2) is 14.5 Å². The lowest BCUT2D eigenvalue weighted by Crippen LogP contribution is -2.13. The third-order valence-corrected chi connectivity index (χ3v) is 4.14. The van der Waals surface area contributed by atoms with Crippen molar-refractivity contribution in [1.29, 1.82) is 0 Å². The molecule has 0 aliphatic heterocycles. The lowest BCUT2D eigenvalue weighted by Gasteiger charge is -2.21. The SMILES string of the molecule is CCC(C)CC(C)n1c(C(C)Cl)nc2ccc(C)nc21. The fourth-order valence-corrected chi connectivity index (χ4v) is 2.81. The second kappa shape index (κ2) is 6.13. The van der Waals surface area contributed by atoms with E-state index in [4.69, 9.17) is 11.6 Å². The molecule has 0 aliphatic carbocycles. The summed E-state index contributed by atoms with van der Waals surface area (Å²) in [6, 6.07) is 4.40. The number of aromatic nitrogens is 3. The van der Waals surface area contributed by atoms with Gasteiger partial charge in [0.05, 0.1) is 5.38 Å². The van der Waals surface area contributed by atoms with Gasteiger partial charge in [-0.15, -0.1) is 11.6 Å². The minimum Gasteiger partial charge on any atom is -0.309 e. The Morgan fingerprint density at radius 3 is 2.50 bits per heavy atom. The van der Waals surface area contributed by atoms with E-state index in [2.05, 4.69) is 35.3 Å². The van der Waals surface area contributed by atoms with Crippen molar-refractivity contribution in [3.8, 4) is 0 Å². The fraction of sp³-hybridized carbons (Fsp3) is 0.625. The van der Waals surface area contributed by atoms with Gasteiger partial charge in [-0.1, -0.05) is 20.3 Å². The molecule has 0 saturated heterocycles. The maximum Gasteiger partial charge on any atom is 0.160 e. The van der Waals surface area contributed by atoms with E-state index in [1.165, 1.54) is 6.42 Å². The molecule has 2 aromatic rings. The quantitative estimate of drug-likeness (QED) is 0.723. The van der Waals surface area contributed by atoms with Crippen LogP contribution in [0.2, 0.25) is 0 Å². The molecule has 110 valence electrons. The van der Waals surface area contributed by atoms with Crippen LogP contribution in [0.5, 0.6) is 0 Å². The maximum atomic E-state index is 6.32. The second-order valence-electron chi connectivity index (χ2n) is 5.85. The monoisotopic (exact) mass is 293 g/mol. The minimum absolute atomic E-state index is 0.108. The van der Waals surface area contributed by atoms with Gasteiger partial charge in [-0.05, 0) is 45.2 Å². The van der Waals surface area contributed by atoms with Crippen molar-refractivity contribution in [1.82, 2.24) is 14.5 Å². The van der Waals surface area contributed by atoms with Crippen LogP contribution < -0.4 is 0 Å². The molecule has 2 aromatic heterocycles. The van der Waals surface area contributed by atoms with Crippen molar-refractivity contribution >= 4 is 22.8 Å². The topological polar surface area (TPSA) is 30.7 Å². The standard InChI is InChI=1S/C16H24ClN3/c1-6-10(2)9-12(4)20-15(13(5)17)19-14-8-7-11(3)18-16(14)20/h7-8,10,12-13H,6,9H2,1-5H3. The Kier molecular flexibility index (Phi) is 4.69. The molecule has 0 fully saturated rings. The van der Waals surface area contributed by atoms with Gasteiger partial charge in [0.15, 0.2) is 5.65 Å². The van der Waals surface area contributed by atoms with E-state index in [9.17, 15) is 0 Å². The molecular formula is C16H24ClN3. The van der Waals surface area contributed by atoms with Crippen LogP contribution >= 0.6 is 11.6 Å². The third kappa shape index (κ3) is 2.98. The van der Waals surface area contributed by atoms with Crippen LogP contribution in [0.15, 0.2) is 12.1 Å². The number of rotatable bonds is 5. The highest BCUT2D eigenvalue weighted by atomic mass is 35.5. The van der Waals surface area contributed by atoms with Gasteiger partial charge in [0.1, 0.15) is 11.3 Å². The van der Waals surface area contributed by atoms with Gasteiger partial charge >= 0.3 is 0 Å². The van der Waals surface area contributed by atoms with Crippen molar-refractivity contribution in [2.75, 3.05) is 0 Å². The summed E-state index contributed by atoms with van der Waals surface area (Å²) >= 11 is 6.32. The Hall–Kier alpha value is -1.09. The normalized spacial score (nSPS) is 16.3. The van der Waals surface area contributed by atoms with Gasteiger partial charge in [0.25, 0.3) is 0 Å². The third-order valence-electron chi connectivity index (χ3n) is 3.94. The van der Waals surface area contributed by atoms with Gasteiger partial charge < -0.3 is 4.57 Å². The van der Waals surface area contributed by atoms with Crippen LogP contribution in [0.25, 0.3) is 11.2 Å². The van der Waals surface area contributed by atoms with Crippen molar-refractivity contribution in [2.45, 2.75) is 58.9 Å². The molecule has 2 rings (SSSR count). The number of fused-ring (bicyclic) bond motifs is 1. The first-order chi connectivity index (χ1) is 9.43. The first-order valence-electron chi connectivity index (χ1n) is 7.43. The lowest BCUT2D eigenvalue weighted by atomic mass is 10.00. The summed E-state index contributed by atoms with van der Waals surface area (Å²) in [5.74, 6) is 1.61. The molecule has 0 saturated carbocycles.